The molecule has 0 amide bonds. The number of hydrogen-bond donors (Lipinski definition) is 0. The third-order valence-corrected chi connectivity index (χ3v) is 7.65. The van der Waals surface area contributed by atoms with E-state index in [2.05, 4.69) is 42.2 Å². The van der Waals surface area contributed by atoms with Crippen molar-refractivity contribution in [3.05, 3.63) is 68.9 Å². The van der Waals surface area contributed by atoms with Crippen molar-refractivity contribution in [1.82, 2.24) is 19.3 Å². The average Bonchev–Trinajstić information content (AvgIpc) is 3.09. The van der Waals surface area contributed by atoms with Gasteiger partial charge in [0.2, 0.25) is 10.0 Å². The summed E-state index contributed by atoms with van der Waals surface area (Å²) >= 11 is 6.78. The lowest BCUT2D eigenvalue weighted by atomic mass is 10.2. The van der Waals surface area contributed by atoms with E-state index < -0.39 is 10.0 Å². The van der Waals surface area contributed by atoms with Crippen molar-refractivity contribution in [2.75, 3.05) is 6.61 Å². The van der Waals surface area contributed by atoms with Gasteiger partial charge in [-0.2, -0.15) is 4.31 Å². The summed E-state index contributed by atoms with van der Waals surface area (Å²) in [5.74, 6) is 0.354. The van der Waals surface area contributed by atoms with E-state index in [1.165, 1.54) is 4.31 Å². The Hall–Kier alpha value is -1.75. The summed E-state index contributed by atoms with van der Waals surface area (Å²) in [7, 11) is -3.73. The molecule has 0 bridgehead atoms. The predicted molar refractivity (Wildman–Crippen MR) is 115 cm³/mol. The Morgan fingerprint density at radius 1 is 1.10 bits per heavy atom. The summed E-state index contributed by atoms with van der Waals surface area (Å²) in [5, 5.41) is 8.32. The quantitative estimate of drug-likeness (QED) is 0.501. The molecule has 4 rings (SSSR count). The van der Waals surface area contributed by atoms with Gasteiger partial charge >= 0.3 is 0 Å². The minimum absolute atomic E-state index is 0.128. The van der Waals surface area contributed by atoms with Crippen molar-refractivity contribution in [1.29, 1.82) is 0 Å². The van der Waals surface area contributed by atoms with E-state index in [1.54, 1.807) is 29.1 Å². The highest BCUT2D eigenvalue weighted by Gasteiger charge is 2.35. The van der Waals surface area contributed by atoms with E-state index in [1.807, 2.05) is 31.2 Å². The molecule has 1 aliphatic rings. The van der Waals surface area contributed by atoms with Crippen LogP contribution in [0.25, 0.3) is 0 Å². The highest BCUT2D eigenvalue weighted by molar-refractivity contribution is 9.10. The average molecular weight is 542 g/mol. The number of nitrogens with zero attached hydrogens (tertiary/aromatic N) is 4. The van der Waals surface area contributed by atoms with E-state index in [-0.39, 0.29) is 24.1 Å². The second-order valence-electron chi connectivity index (χ2n) is 6.84. The van der Waals surface area contributed by atoms with Crippen LogP contribution in [0.3, 0.4) is 0 Å². The highest BCUT2D eigenvalue weighted by Crippen LogP contribution is 2.34. The van der Waals surface area contributed by atoms with Crippen LogP contribution in [0.15, 0.2) is 62.5 Å². The first-order valence-electron chi connectivity index (χ1n) is 8.90. The zero-order valence-electron chi connectivity index (χ0n) is 15.5. The second-order valence-corrected chi connectivity index (χ2v) is 10.5. The minimum atomic E-state index is -3.73. The third kappa shape index (κ3) is 4.40. The fourth-order valence-electron chi connectivity index (χ4n) is 3.13. The topological polar surface area (TPSA) is 77.3 Å². The number of sulfonamides is 1. The standard InChI is InChI=1S/C19H18Br2N4O3S/c1-13-12-28-18-8-16(21)6-7-19(18)29(26,27)25(13)11-17-10-24(23-22-17)9-14-2-4-15(20)5-3-14/h2-8,10,13H,9,11-12H2,1H3/t13-/m0/s1. The SMILES string of the molecule is C[C@H]1COc2cc(Br)ccc2S(=O)(=O)N1Cc1cn(Cc2ccc(Br)cc2)nn1. The smallest absolute Gasteiger partial charge is 0.247 e. The number of hydrogen-bond acceptors (Lipinski definition) is 5. The lowest BCUT2D eigenvalue weighted by Gasteiger charge is -2.24. The van der Waals surface area contributed by atoms with E-state index in [0.29, 0.717) is 18.0 Å². The van der Waals surface area contributed by atoms with Crippen LogP contribution in [0, 0.1) is 0 Å². The van der Waals surface area contributed by atoms with Gasteiger partial charge in [-0.05, 0) is 42.8 Å². The molecule has 7 nitrogen and oxygen atoms in total. The fraction of sp³-hybridized carbons (Fsp3) is 0.263. The molecule has 0 saturated heterocycles. The summed E-state index contributed by atoms with van der Waals surface area (Å²) in [6, 6.07) is 12.5. The molecule has 2 heterocycles. The molecule has 1 atom stereocenters. The first-order chi connectivity index (χ1) is 13.8. The van der Waals surface area contributed by atoms with Crippen LogP contribution in [0.1, 0.15) is 18.2 Å². The van der Waals surface area contributed by atoms with E-state index >= 15 is 0 Å². The number of halogens is 2. The molecule has 0 saturated carbocycles. The summed E-state index contributed by atoms with van der Waals surface area (Å²) in [6.45, 7) is 2.77. The van der Waals surface area contributed by atoms with Crippen molar-refractivity contribution in [2.45, 2.75) is 31.0 Å². The minimum Gasteiger partial charge on any atom is -0.490 e. The van der Waals surface area contributed by atoms with Crippen molar-refractivity contribution in [3.63, 3.8) is 0 Å². The monoisotopic (exact) mass is 540 g/mol. The Morgan fingerprint density at radius 2 is 1.83 bits per heavy atom. The van der Waals surface area contributed by atoms with Gasteiger partial charge in [-0.15, -0.1) is 5.10 Å². The molecule has 0 unspecified atom stereocenters. The largest absolute Gasteiger partial charge is 0.490 e. The van der Waals surface area contributed by atoms with Gasteiger partial charge in [-0.3, -0.25) is 0 Å². The van der Waals surface area contributed by atoms with Crippen LogP contribution in [0.2, 0.25) is 0 Å². The molecule has 0 fully saturated rings. The molecule has 0 aliphatic carbocycles. The molecule has 29 heavy (non-hydrogen) atoms. The van der Waals surface area contributed by atoms with Crippen LogP contribution in [-0.2, 0) is 23.1 Å². The maximum Gasteiger partial charge on any atom is 0.247 e. The van der Waals surface area contributed by atoms with Crippen LogP contribution in [-0.4, -0.2) is 40.4 Å². The first-order valence-corrected chi connectivity index (χ1v) is 11.9. The van der Waals surface area contributed by atoms with Gasteiger partial charge < -0.3 is 4.74 Å². The lowest BCUT2D eigenvalue weighted by Crippen LogP contribution is -2.39. The molecule has 0 spiro atoms. The third-order valence-electron chi connectivity index (χ3n) is 4.63. The van der Waals surface area contributed by atoms with Crippen LogP contribution in [0.5, 0.6) is 5.75 Å². The molecule has 152 valence electrons. The number of benzene rings is 2. The van der Waals surface area contributed by atoms with Crippen molar-refractivity contribution in [3.8, 4) is 5.75 Å². The van der Waals surface area contributed by atoms with E-state index in [4.69, 9.17) is 4.74 Å². The Kier molecular flexibility index (Phi) is 5.78. The maximum absolute atomic E-state index is 13.3. The van der Waals surface area contributed by atoms with Gasteiger partial charge in [-0.25, -0.2) is 13.1 Å². The molecule has 0 N–H and O–H groups in total. The van der Waals surface area contributed by atoms with E-state index in [0.717, 1.165) is 14.5 Å². The molecule has 10 heteroatoms. The van der Waals surface area contributed by atoms with Crippen molar-refractivity contribution >= 4 is 41.9 Å². The molecule has 3 aromatic rings. The van der Waals surface area contributed by atoms with E-state index in [9.17, 15) is 8.42 Å². The summed E-state index contributed by atoms with van der Waals surface area (Å²) in [4.78, 5) is 0.160. The first kappa shape index (κ1) is 20.5. The lowest BCUT2D eigenvalue weighted by molar-refractivity contribution is 0.219. The summed E-state index contributed by atoms with van der Waals surface area (Å²) in [6.07, 6.45) is 1.78. The Morgan fingerprint density at radius 3 is 2.59 bits per heavy atom. The molecule has 0 radical (unpaired) electrons. The molecule has 1 aromatic heterocycles. The number of ether oxygens (including phenoxy) is 1. The molecule has 1 aliphatic heterocycles. The number of fused-ring (bicyclic) bond motifs is 1. The van der Waals surface area contributed by atoms with Gasteiger partial charge in [0, 0.05) is 8.95 Å². The molecule has 2 aromatic carbocycles. The summed E-state index contributed by atoms with van der Waals surface area (Å²) in [5.41, 5.74) is 1.66. The van der Waals surface area contributed by atoms with Crippen LogP contribution in [0.4, 0.5) is 0 Å². The molecular weight excluding hydrogens is 524 g/mol. The van der Waals surface area contributed by atoms with Crippen LogP contribution < -0.4 is 4.74 Å². The normalized spacial score (nSPS) is 18.7. The molecular formula is C19H18Br2N4O3S. The van der Waals surface area contributed by atoms with Gasteiger partial charge in [0.15, 0.2) is 0 Å². The highest BCUT2D eigenvalue weighted by atomic mass is 79.9. The van der Waals surface area contributed by atoms with Gasteiger partial charge in [0.05, 0.1) is 31.0 Å². The zero-order valence-corrected chi connectivity index (χ0v) is 19.5. The van der Waals surface area contributed by atoms with Crippen LogP contribution >= 0.6 is 31.9 Å². The van der Waals surface area contributed by atoms with Gasteiger partial charge in [-0.1, -0.05) is 49.2 Å². The Balaban J connectivity index is 1.57. The Bertz CT molecular complexity index is 1130. The summed E-state index contributed by atoms with van der Waals surface area (Å²) < 4.78 is 37.1. The number of rotatable bonds is 4. The van der Waals surface area contributed by atoms with Crippen molar-refractivity contribution < 1.29 is 13.2 Å². The second kappa shape index (κ2) is 8.17. The van der Waals surface area contributed by atoms with Gasteiger partial charge in [0.1, 0.15) is 17.3 Å². The maximum atomic E-state index is 13.3. The number of aromatic nitrogens is 3. The fourth-order valence-corrected chi connectivity index (χ4v) is 5.44. The Labute approximate surface area is 186 Å². The van der Waals surface area contributed by atoms with Crippen molar-refractivity contribution in [2.24, 2.45) is 0 Å². The zero-order chi connectivity index (χ0) is 20.6. The predicted octanol–water partition coefficient (Wildman–Crippen LogP) is 3.82. The van der Waals surface area contributed by atoms with Gasteiger partial charge in [0.25, 0.3) is 0 Å².